The van der Waals surface area contributed by atoms with E-state index in [0.29, 0.717) is 12.4 Å². The predicted octanol–water partition coefficient (Wildman–Crippen LogP) is 2.65. The molecule has 0 saturated carbocycles. The number of carbonyl (C=O) groups excluding carboxylic acids is 1. The summed E-state index contributed by atoms with van der Waals surface area (Å²) in [5, 5.41) is 4.33. The molecule has 1 atom stereocenters. The monoisotopic (exact) mass is 290 g/mol. The van der Waals surface area contributed by atoms with Gasteiger partial charge in [-0.15, -0.1) is 0 Å². The molecule has 2 aromatic rings. The van der Waals surface area contributed by atoms with Crippen LogP contribution in [0.2, 0.25) is 0 Å². The van der Waals surface area contributed by atoms with E-state index in [9.17, 15) is 9.18 Å². The first-order valence-electron chi connectivity index (χ1n) is 6.81. The molecule has 0 amide bonds. The Balaban J connectivity index is 2.16. The largest absolute Gasteiger partial charge is 0.472 e. The highest BCUT2D eigenvalue weighted by molar-refractivity contribution is 5.99. The van der Waals surface area contributed by atoms with E-state index in [1.165, 1.54) is 6.07 Å². The van der Waals surface area contributed by atoms with Crippen molar-refractivity contribution in [2.75, 3.05) is 6.61 Å². The molecule has 2 heterocycles. The topological polar surface area (TPSA) is 53.3 Å². The Morgan fingerprint density at radius 1 is 1.52 bits per heavy atom. The number of fused-ring (bicyclic) bond motifs is 1. The van der Waals surface area contributed by atoms with Crippen LogP contribution in [0.1, 0.15) is 24.2 Å². The molecule has 1 aromatic heterocycles. The molecule has 1 aliphatic heterocycles. The second-order valence-electron chi connectivity index (χ2n) is 4.84. The Bertz CT molecular complexity index is 696. The minimum Gasteiger partial charge on any atom is -0.472 e. The maximum absolute atomic E-state index is 14.0. The van der Waals surface area contributed by atoms with E-state index in [1.54, 1.807) is 29.8 Å². The minimum absolute atomic E-state index is 0.0738. The van der Waals surface area contributed by atoms with Crippen molar-refractivity contribution in [2.24, 2.45) is 0 Å². The van der Waals surface area contributed by atoms with Crippen LogP contribution in [-0.2, 0) is 11.3 Å². The summed E-state index contributed by atoms with van der Waals surface area (Å²) in [6.45, 7) is 4.35. The van der Waals surface area contributed by atoms with Gasteiger partial charge in [0.2, 0.25) is 5.88 Å². The van der Waals surface area contributed by atoms with E-state index in [2.05, 4.69) is 5.10 Å². The highest BCUT2D eigenvalue weighted by atomic mass is 19.1. The zero-order valence-electron chi connectivity index (χ0n) is 11.8. The number of hydrogen-bond donors (Lipinski definition) is 0. The Morgan fingerprint density at radius 3 is 3.00 bits per heavy atom. The van der Waals surface area contributed by atoms with Crippen molar-refractivity contribution in [1.29, 1.82) is 0 Å². The van der Waals surface area contributed by atoms with Gasteiger partial charge in [-0.3, -0.25) is 0 Å². The normalized spacial score (nSPS) is 16.4. The third-order valence-corrected chi connectivity index (χ3v) is 3.26. The number of ether oxygens (including phenoxy) is 2. The summed E-state index contributed by atoms with van der Waals surface area (Å²) in [7, 11) is 0. The van der Waals surface area contributed by atoms with Crippen LogP contribution in [0, 0.1) is 5.82 Å². The van der Waals surface area contributed by atoms with E-state index in [-0.39, 0.29) is 29.5 Å². The molecule has 0 unspecified atom stereocenters. The summed E-state index contributed by atoms with van der Waals surface area (Å²) in [5.41, 5.74) is 0.707. The summed E-state index contributed by atoms with van der Waals surface area (Å²) in [6.07, 6.45) is -0.0738. The molecule has 0 aliphatic carbocycles. The van der Waals surface area contributed by atoms with Crippen molar-refractivity contribution in [3.05, 3.63) is 35.6 Å². The van der Waals surface area contributed by atoms with Gasteiger partial charge < -0.3 is 9.47 Å². The van der Waals surface area contributed by atoms with Gasteiger partial charge in [-0.25, -0.2) is 13.9 Å². The first kappa shape index (κ1) is 13.6. The molecule has 0 N–H and O–H groups in total. The Hall–Kier alpha value is -2.37. The van der Waals surface area contributed by atoms with Crippen molar-refractivity contribution in [3.8, 4) is 17.1 Å². The van der Waals surface area contributed by atoms with E-state index in [0.717, 1.165) is 0 Å². The number of hydrogen-bond acceptors (Lipinski definition) is 4. The fraction of sp³-hybridized carbons (Fsp3) is 0.333. The highest BCUT2D eigenvalue weighted by Gasteiger charge is 2.33. The SMILES string of the molecule is CCOC(=O)c1c(-c2ccccc2F)nn2c1O[C@H](C)C2. The zero-order chi connectivity index (χ0) is 15.0. The van der Waals surface area contributed by atoms with Crippen LogP contribution in [-0.4, -0.2) is 28.5 Å². The molecule has 1 aromatic carbocycles. The summed E-state index contributed by atoms with van der Waals surface area (Å²) in [5.74, 6) is -0.641. The van der Waals surface area contributed by atoms with Gasteiger partial charge in [0.05, 0.1) is 13.2 Å². The summed E-state index contributed by atoms with van der Waals surface area (Å²) in [4.78, 5) is 12.2. The first-order chi connectivity index (χ1) is 10.1. The lowest BCUT2D eigenvalue weighted by Crippen LogP contribution is -2.12. The van der Waals surface area contributed by atoms with Gasteiger partial charge in [-0.1, -0.05) is 12.1 Å². The number of aromatic nitrogens is 2. The quantitative estimate of drug-likeness (QED) is 0.815. The Labute approximate surface area is 121 Å². The maximum atomic E-state index is 14.0. The van der Waals surface area contributed by atoms with Gasteiger partial charge in [0.15, 0.2) is 0 Å². The number of benzene rings is 1. The molecule has 0 radical (unpaired) electrons. The molecule has 21 heavy (non-hydrogen) atoms. The molecule has 1 aliphatic rings. The van der Waals surface area contributed by atoms with Crippen LogP contribution in [0.25, 0.3) is 11.3 Å². The van der Waals surface area contributed by atoms with Gasteiger partial charge in [0.1, 0.15) is 23.2 Å². The minimum atomic E-state index is -0.550. The van der Waals surface area contributed by atoms with Crippen molar-refractivity contribution >= 4 is 5.97 Å². The predicted molar refractivity (Wildman–Crippen MR) is 73.7 cm³/mol. The first-order valence-corrected chi connectivity index (χ1v) is 6.81. The standard InChI is InChI=1S/C15H15FN2O3/c1-3-20-15(19)12-13(10-6-4-5-7-11(10)16)17-18-8-9(2)21-14(12)18/h4-7,9H,3,8H2,1-2H3/t9-/m1/s1. The van der Waals surface area contributed by atoms with Gasteiger partial charge in [-0.2, -0.15) is 5.10 Å². The van der Waals surface area contributed by atoms with Gasteiger partial charge in [0.25, 0.3) is 0 Å². The van der Waals surface area contributed by atoms with Crippen LogP contribution >= 0.6 is 0 Å². The van der Waals surface area contributed by atoms with Crippen molar-refractivity contribution < 1.29 is 18.7 Å². The van der Waals surface area contributed by atoms with Crippen molar-refractivity contribution in [3.63, 3.8) is 0 Å². The van der Waals surface area contributed by atoms with Gasteiger partial charge in [-0.05, 0) is 26.0 Å². The lowest BCUT2D eigenvalue weighted by Gasteiger charge is -2.07. The molecule has 0 bridgehead atoms. The molecular formula is C15H15FN2O3. The van der Waals surface area contributed by atoms with Crippen LogP contribution in [0.5, 0.6) is 5.88 Å². The highest BCUT2D eigenvalue weighted by Crippen LogP contribution is 2.36. The lowest BCUT2D eigenvalue weighted by molar-refractivity contribution is 0.0522. The molecule has 0 saturated heterocycles. The fourth-order valence-electron chi connectivity index (χ4n) is 2.39. The van der Waals surface area contributed by atoms with Crippen LogP contribution < -0.4 is 4.74 Å². The van der Waals surface area contributed by atoms with Crippen molar-refractivity contribution in [1.82, 2.24) is 9.78 Å². The smallest absolute Gasteiger partial charge is 0.345 e. The molecule has 0 fully saturated rings. The summed E-state index contributed by atoms with van der Waals surface area (Å²) >= 11 is 0. The second kappa shape index (κ2) is 5.20. The third kappa shape index (κ3) is 2.26. The molecule has 3 rings (SSSR count). The molecular weight excluding hydrogens is 275 g/mol. The van der Waals surface area contributed by atoms with E-state index >= 15 is 0 Å². The molecule has 110 valence electrons. The summed E-state index contributed by atoms with van der Waals surface area (Å²) < 4.78 is 26.3. The van der Waals surface area contributed by atoms with Gasteiger partial charge >= 0.3 is 5.97 Å². The van der Waals surface area contributed by atoms with Crippen LogP contribution in [0.15, 0.2) is 24.3 Å². The van der Waals surface area contributed by atoms with E-state index in [1.807, 2.05) is 6.92 Å². The Morgan fingerprint density at radius 2 is 2.29 bits per heavy atom. The maximum Gasteiger partial charge on any atom is 0.345 e. The number of carbonyl (C=O) groups is 1. The number of rotatable bonds is 3. The molecule has 5 nitrogen and oxygen atoms in total. The Kier molecular flexibility index (Phi) is 3.37. The molecule has 0 spiro atoms. The average Bonchev–Trinajstić information content (AvgIpc) is 2.95. The van der Waals surface area contributed by atoms with E-state index < -0.39 is 11.8 Å². The average molecular weight is 290 g/mol. The number of halogens is 1. The van der Waals surface area contributed by atoms with Crippen molar-refractivity contribution in [2.45, 2.75) is 26.5 Å². The number of nitrogens with zero attached hydrogens (tertiary/aromatic N) is 2. The fourth-order valence-corrected chi connectivity index (χ4v) is 2.39. The molecule has 6 heteroatoms. The third-order valence-electron chi connectivity index (χ3n) is 3.26. The number of esters is 1. The second-order valence-corrected chi connectivity index (χ2v) is 4.84. The lowest BCUT2D eigenvalue weighted by atomic mass is 10.1. The van der Waals surface area contributed by atoms with Gasteiger partial charge in [0, 0.05) is 5.56 Å². The van der Waals surface area contributed by atoms with Crippen LogP contribution in [0.3, 0.4) is 0 Å². The summed E-state index contributed by atoms with van der Waals surface area (Å²) in [6, 6.07) is 6.20. The van der Waals surface area contributed by atoms with Crippen LogP contribution in [0.4, 0.5) is 4.39 Å². The van der Waals surface area contributed by atoms with E-state index in [4.69, 9.17) is 9.47 Å². The zero-order valence-corrected chi connectivity index (χ0v) is 11.8.